The minimum Gasteiger partial charge on any atom is -0.481 e. The number of nitrogens with zero attached hydrogens (tertiary/aromatic N) is 2. The average molecular weight is 413 g/mol. The fourth-order valence-corrected chi connectivity index (χ4v) is 6.21. The summed E-state index contributed by atoms with van der Waals surface area (Å²) in [6, 6.07) is 9.56. The van der Waals surface area contributed by atoms with Crippen molar-refractivity contribution in [3.8, 4) is 11.3 Å². The fraction of sp³-hybridized carbons (Fsp3) is 0.522. The zero-order valence-electron chi connectivity index (χ0n) is 17.0. The summed E-state index contributed by atoms with van der Waals surface area (Å²) in [6.07, 6.45) is 4.96. The van der Waals surface area contributed by atoms with Gasteiger partial charge < -0.3 is 10.0 Å². The molecule has 1 aromatic heterocycles. The molecule has 0 bridgehead atoms. The van der Waals surface area contributed by atoms with Crippen LogP contribution in [0, 0.1) is 24.7 Å². The van der Waals surface area contributed by atoms with E-state index in [4.69, 9.17) is 0 Å². The van der Waals surface area contributed by atoms with E-state index in [1.165, 1.54) is 17.8 Å². The molecule has 2 aliphatic rings. The van der Waals surface area contributed by atoms with E-state index in [0.29, 0.717) is 29.7 Å². The molecule has 154 valence electrons. The Labute approximate surface area is 175 Å². The number of carbonyl (C=O) groups is 2. The van der Waals surface area contributed by atoms with E-state index in [9.17, 15) is 14.7 Å². The second kappa shape index (κ2) is 8.27. The lowest BCUT2D eigenvalue weighted by Gasteiger charge is -2.34. The van der Waals surface area contributed by atoms with Crippen LogP contribution in [-0.4, -0.2) is 39.5 Å². The summed E-state index contributed by atoms with van der Waals surface area (Å²) in [5.41, 5.74) is 1.65. The molecule has 2 fully saturated rings. The van der Waals surface area contributed by atoms with Crippen LogP contribution in [0.3, 0.4) is 0 Å². The van der Waals surface area contributed by atoms with Crippen molar-refractivity contribution < 1.29 is 14.7 Å². The molecule has 1 saturated carbocycles. The molecule has 1 saturated heterocycles. The number of hydrogen-bond donors (Lipinski definition) is 1. The number of amides is 1. The highest BCUT2D eigenvalue weighted by Gasteiger charge is 2.50. The predicted molar refractivity (Wildman–Crippen MR) is 114 cm³/mol. The number of carbonyl (C=O) groups excluding carboxylic acids is 1. The van der Waals surface area contributed by atoms with Gasteiger partial charge in [-0.25, -0.2) is 4.98 Å². The Hall–Kier alpha value is -2.21. The van der Waals surface area contributed by atoms with E-state index >= 15 is 0 Å². The highest BCUT2D eigenvalue weighted by molar-refractivity contribution is 7.14. The lowest BCUT2D eigenvalue weighted by molar-refractivity contribution is -0.144. The third-order valence-corrected chi connectivity index (χ3v) is 7.56. The minimum absolute atomic E-state index is 0.0476. The Balaban J connectivity index is 1.73. The number of aliphatic carboxylic acids is 1. The number of carboxylic acids is 1. The van der Waals surface area contributed by atoms with Gasteiger partial charge in [0.05, 0.1) is 16.6 Å². The van der Waals surface area contributed by atoms with Gasteiger partial charge in [0.2, 0.25) is 0 Å². The summed E-state index contributed by atoms with van der Waals surface area (Å²) in [5, 5.41) is 10.7. The van der Waals surface area contributed by atoms with Crippen molar-refractivity contribution in [2.24, 2.45) is 17.8 Å². The fourth-order valence-electron chi connectivity index (χ4n) is 5.31. The second-order valence-electron chi connectivity index (χ2n) is 8.29. The number of rotatable bonds is 5. The maximum absolute atomic E-state index is 13.8. The van der Waals surface area contributed by atoms with Crippen LogP contribution in [0.1, 0.15) is 53.7 Å². The molecule has 2 heterocycles. The Bertz CT molecular complexity index is 895. The molecule has 2 aromatic rings. The number of likely N-dealkylation sites (tertiary alicyclic amines) is 1. The molecule has 5 nitrogen and oxygen atoms in total. The molecule has 0 spiro atoms. The summed E-state index contributed by atoms with van der Waals surface area (Å²) in [7, 11) is 0. The van der Waals surface area contributed by atoms with Gasteiger partial charge >= 0.3 is 5.97 Å². The number of aryl methyl sites for hydroxylation is 1. The van der Waals surface area contributed by atoms with Crippen molar-refractivity contribution in [2.45, 2.75) is 52.0 Å². The Morgan fingerprint density at radius 3 is 2.66 bits per heavy atom. The third kappa shape index (κ3) is 3.70. The molecule has 1 amide bonds. The minimum atomic E-state index is -0.787. The normalized spacial score (nSPS) is 24.9. The summed E-state index contributed by atoms with van der Waals surface area (Å²) < 4.78 is 0. The number of carboxylic acid groups (broad SMARTS) is 1. The molecule has 1 aliphatic carbocycles. The van der Waals surface area contributed by atoms with E-state index < -0.39 is 11.9 Å². The van der Waals surface area contributed by atoms with Crippen LogP contribution >= 0.6 is 11.3 Å². The smallest absolute Gasteiger partial charge is 0.308 e. The first-order valence-electron chi connectivity index (χ1n) is 10.6. The van der Waals surface area contributed by atoms with E-state index in [1.807, 2.05) is 49.1 Å². The molecule has 4 atom stereocenters. The Morgan fingerprint density at radius 1 is 1.24 bits per heavy atom. The maximum atomic E-state index is 13.8. The quantitative estimate of drug-likeness (QED) is 0.761. The molecule has 1 aromatic carbocycles. The van der Waals surface area contributed by atoms with Gasteiger partial charge in [0, 0.05) is 18.2 Å². The molecule has 4 unspecified atom stereocenters. The number of hydrogen-bond acceptors (Lipinski definition) is 4. The molecular formula is C23H28N2O3S. The molecule has 1 N–H and O–H groups in total. The van der Waals surface area contributed by atoms with Gasteiger partial charge in [-0.1, -0.05) is 50.1 Å². The highest BCUT2D eigenvalue weighted by Crippen LogP contribution is 2.45. The first kappa shape index (κ1) is 20.1. The van der Waals surface area contributed by atoms with Crippen molar-refractivity contribution in [1.82, 2.24) is 9.88 Å². The summed E-state index contributed by atoms with van der Waals surface area (Å²) in [4.78, 5) is 33.0. The molecule has 4 rings (SSSR count). The number of fused-ring (bicyclic) bond motifs is 1. The topological polar surface area (TPSA) is 70.5 Å². The van der Waals surface area contributed by atoms with E-state index in [-0.39, 0.29) is 11.9 Å². The third-order valence-electron chi connectivity index (χ3n) is 6.60. The van der Waals surface area contributed by atoms with Crippen LogP contribution in [0.25, 0.3) is 11.3 Å². The zero-order chi connectivity index (χ0) is 20.5. The number of benzene rings is 1. The van der Waals surface area contributed by atoms with Crippen LogP contribution in [0.15, 0.2) is 30.3 Å². The van der Waals surface area contributed by atoms with Gasteiger partial charge in [-0.15, -0.1) is 11.3 Å². The van der Waals surface area contributed by atoms with Gasteiger partial charge in [0.1, 0.15) is 4.88 Å². The van der Waals surface area contributed by atoms with E-state index in [1.54, 1.807) is 0 Å². The van der Waals surface area contributed by atoms with Gasteiger partial charge in [-0.05, 0) is 38.0 Å². The van der Waals surface area contributed by atoms with Crippen LogP contribution in [0.2, 0.25) is 0 Å². The van der Waals surface area contributed by atoms with Crippen molar-refractivity contribution >= 4 is 23.2 Å². The van der Waals surface area contributed by atoms with Gasteiger partial charge in [0.15, 0.2) is 0 Å². The number of aromatic nitrogens is 1. The lowest BCUT2D eigenvalue weighted by Crippen LogP contribution is -2.45. The summed E-state index contributed by atoms with van der Waals surface area (Å²) in [5.74, 6) is -0.636. The van der Waals surface area contributed by atoms with Crippen LogP contribution in [-0.2, 0) is 4.79 Å². The predicted octanol–water partition coefficient (Wildman–Crippen LogP) is 4.86. The van der Waals surface area contributed by atoms with Crippen LogP contribution < -0.4 is 0 Å². The SMILES string of the molecule is CCC(C(=O)O)C1C2CCCCC2CN1C(=O)c1sc(C)nc1-c1ccccc1. The average Bonchev–Trinajstić information content (AvgIpc) is 3.30. The largest absolute Gasteiger partial charge is 0.481 e. The van der Waals surface area contributed by atoms with E-state index in [2.05, 4.69) is 4.98 Å². The Kier molecular flexibility index (Phi) is 5.72. The number of thiazole rings is 1. The standard InChI is InChI=1S/C23H28N2O3S/c1-3-17(23(27)28)20-18-12-8-7-11-16(18)13-25(20)22(26)21-19(24-14(2)29-21)15-9-5-4-6-10-15/h4-6,9-10,16-18,20H,3,7-8,11-13H2,1-2H3,(H,27,28). The molecular weight excluding hydrogens is 384 g/mol. The summed E-state index contributed by atoms with van der Waals surface area (Å²) in [6.45, 7) is 4.51. The van der Waals surface area contributed by atoms with Gasteiger partial charge in [-0.3, -0.25) is 9.59 Å². The summed E-state index contributed by atoms with van der Waals surface area (Å²) >= 11 is 1.42. The van der Waals surface area contributed by atoms with Crippen molar-refractivity contribution in [2.75, 3.05) is 6.54 Å². The lowest BCUT2D eigenvalue weighted by atomic mass is 9.74. The van der Waals surface area contributed by atoms with E-state index in [0.717, 1.165) is 35.5 Å². The van der Waals surface area contributed by atoms with Crippen molar-refractivity contribution in [3.05, 3.63) is 40.2 Å². The highest BCUT2D eigenvalue weighted by atomic mass is 32.1. The van der Waals surface area contributed by atoms with Crippen molar-refractivity contribution in [3.63, 3.8) is 0 Å². The zero-order valence-corrected chi connectivity index (χ0v) is 17.8. The van der Waals surface area contributed by atoms with Crippen LogP contribution in [0.4, 0.5) is 0 Å². The molecule has 29 heavy (non-hydrogen) atoms. The van der Waals surface area contributed by atoms with Crippen LogP contribution in [0.5, 0.6) is 0 Å². The first-order chi connectivity index (χ1) is 14.0. The maximum Gasteiger partial charge on any atom is 0.308 e. The first-order valence-corrected chi connectivity index (χ1v) is 11.4. The monoisotopic (exact) mass is 412 g/mol. The second-order valence-corrected chi connectivity index (χ2v) is 9.49. The van der Waals surface area contributed by atoms with Gasteiger partial charge in [-0.2, -0.15) is 0 Å². The Morgan fingerprint density at radius 2 is 1.97 bits per heavy atom. The molecule has 6 heteroatoms. The van der Waals surface area contributed by atoms with Gasteiger partial charge in [0.25, 0.3) is 5.91 Å². The molecule has 0 radical (unpaired) electrons. The molecule has 1 aliphatic heterocycles. The van der Waals surface area contributed by atoms with Crippen molar-refractivity contribution in [1.29, 1.82) is 0 Å².